The molecule has 1 atom stereocenters. The Balaban J connectivity index is 1.82. The van der Waals surface area contributed by atoms with E-state index in [0.29, 0.717) is 19.4 Å². The third-order valence-electron chi connectivity index (χ3n) is 3.63. The molecular formula is C13H19N5O3. The van der Waals surface area contributed by atoms with Crippen LogP contribution in [-0.4, -0.2) is 51.3 Å². The van der Waals surface area contributed by atoms with Crippen LogP contribution in [0.2, 0.25) is 0 Å². The number of carbonyl (C=O) groups excluding carboxylic acids is 3. The molecule has 21 heavy (non-hydrogen) atoms. The molecule has 4 amide bonds. The number of hydrogen-bond acceptors (Lipinski definition) is 4. The molecule has 2 heterocycles. The summed E-state index contributed by atoms with van der Waals surface area (Å²) in [5.74, 6) is -0.725. The van der Waals surface area contributed by atoms with E-state index in [0.717, 1.165) is 10.6 Å². The van der Waals surface area contributed by atoms with Crippen molar-refractivity contribution in [3.05, 3.63) is 18.2 Å². The van der Waals surface area contributed by atoms with Gasteiger partial charge in [0, 0.05) is 24.9 Å². The highest BCUT2D eigenvalue weighted by atomic mass is 16.2. The number of imidazole rings is 1. The predicted molar refractivity (Wildman–Crippen MR) is 74.2 cm³/mol. The van der Waals surface area contributed by atoms with Gasteiger partial charge in [-0.25, -0.2) is 9.78 Å². The molecule has 1 unspecified atom stereocenters. The third-order valence-corrected chi connectivity index (χ3v) is 3.63. The lowest BCUT2D eigenvalue weighted by atomic mass is 9.99. The lowest BCUT2D eigenvalue weighted by molar-refractivity contribution is -0.134. The van der Waals surface area contributed by atoms with Crippen molar-refractivity contribution >= 4 is 17.8 Å². The number of imide groups is 1. The smallest absolute Gasteiger partial charge is 0.325 e. The average Bonchev–Trinajstić information content (AvgIpc) is 3.03. The maximum atomic E-state index is 12.1. The molecular weight excluding hydrogens is 274 g/mol. The maximum absolute atomic E-state index is 12.1. The van der Waals surface area contributed by atoms with Gasteiger partial charge in [-0.2, -0.15) is 0 Å². The Labute approximate surface area is 122 Å². The molecule has 0 radical (unpaired) electrons. The maximum Gasteiger partial charge on any atom is 0.325 e. The fourth-order valence-corrected chi connectivity index (χ4v) is 2.09. The van der Waals surface area contributed by atoms with Gasteiger partial charge >= 0.3 is 6.03 Å². The second-order valence-electron chi connectivity index (χ2n) is 5.18. The van der Waals surface area contributed by atoms with Gasteiger partial charge in [0.1, 0.15) is 12.1 Å². The highest BCUT2D eigenvalue weighted by Gasteiger charge is 2.46. The first kappa shape index (κ1) is 15.0. The first-order chi connectivity index (χ1) is 9.96. The van der Waals surface area contributed by atoms with Gasteiger partial charge in [0.25, 0.3) is 5.91 Å². The zero-order chi connectivity index (χ0) is 15.5. The van der Waals surface area contributed by atoms with E-state index in [1.54, 1.807) is 19.4 Å². The minimum absolute atomic E-state index is 0.261. The van der Waals surface area contributed by atoms with Crippen LogP contribution < -0.4 is 10.6 Å². The van der Waals surface area contributed by atoms with Crippen molar-refractivity contribution in [3.63, 3.8) is 0 Å². The van der Waals surface area contributed by atoms with Crippen LogP contribution in [0.25, 0.3) is 0 Å². The van der Waals surface area contributed by atoms with Crippen LogP contribution in [0.3, 0.4) is 0 Å². The highest BCUT2D eigenvalue weighted by molar-refractivity contribution is 6.08. The molecule has 3 N–H and O–H groups in total. The number of nitrogens with zero attached hydrogens (tertiary/aromatic N) is 2. The Kier molecular flexibility index (Phi) is 4.25. The third kappa shape index (κ3) is 3.21. The largest absolute Gasteiger partial charge is 0.354 e. The molecule has 1 aliphatic heterocycles. The minimum Gasteiger partial charge on any atom is -0.354 e. The molecule has 0 saturated carbocycles. The minimum atomic E-state index is -0.909. The van der Waals surface area contributed by atoms with Gasteiger partial charge in [-0.05, 0) is 13.3 Å². The summed E-state index contributed by atoms with van der Waals surface area (Å²) in [6, 6.07) is -0.520. The lowest BCUT2D eigenvalue weighted by Crippen LogP contribution is -2.44. The standard InChI is InChI=1S/C13H19N5O3/c1-3-13(2)11(20)18(12(21)17-13)7-10(19)15-5-4-9-6-14-8-16-9/h6,8H,3-5,7H2,1-2H3,(H,14,16)(H,15,19)(H,17,21). The topological polar surface area (TPSA) is 107 Å². The quantitative estimate of drug-likeness (QED) is 0.631. The molecule has 0 spiro atoms. The monoisotopic (exact) mass is 293 g/mol. The molecule has 1 aromatic rings. The van der Waals surface area contributed by atoms with Gasteiger partial charge in [-0.1, -0.05) is 6.92 Å². The van der Waals surface area contributed by atoms with E-state index < -0.39 is 11.6 Å². The summed E-state index contributed by atoms with van der Waals surface area (Å²) in [4.78, 5) is 43.4. The van der Waals surface area contributed by atoms with Gasteiger partial charge in [-0.15, -0.1) is 0 Å². The molecule has 0 aromatic carbocycles. The summed E-state index contributed by atoms with van der Waals surface area (Å²) in [7, 11) is 0. The SMILES string of the molecule is CCC1(C)NC(=O)N(CC(=O)NCCc2cnc[nH]2)C1=O. The number of H-pyrrole nitrogens is 1. The van der Waals surface area contributed by atoms with E-state index >= 15 is 0 Å². The fourth-order valence-electron chi connectivity index (χ4n) is 2.09. The van der Waals surface area contributed by atoms with E-state index in [-0.39, 0.29) is 18.4 Å². The zero-order valence-electron chi connectivity index (χ0n) is 12.1. The van der Waals surface area contributed by atoms with E-state index in [9.17, 15) is 14.4 Å². The number of rotatable bonds is 6. The predicted octanol–water partition coefficient (Wildman–Crippen LogP) is -0.211. The van der Waals surface area contributed by atoms with Crippen molar-refractivity contribution in [3.8, 4) is 0 Å². The van der Waals surface area contributed by atoms with E-state index in [2.05, 4.69) is 20.6 Å². The van der Waals surface area contributed by atoms with Gasteiger partial charge in [0.2, 0.25) is 5.91 Å². The van der Waals surface area contributed by atoms with Crippen molar-refractivity contribution in [2.24, 2.45) is 0 Å². The van der Waals surface area contributed by atoms with Crippen LogP contribution >= 0.6 is 0 Å². The summed E-state index contributed by atoms with van der Waals surface area (Å²) in [5.41, 5.74) is -0.00310. The Morgan fingerprint density at radius 1 is 1.48 bits per heavy atom. The van der Waals surface area contributed by atoms with E-state index in [4.69, 9.17) is 0 Å². The molecule has 1 fully saturated rings. The number of aromatic nitrogens is 2. The molecule has 1 aromatic heterocycles. The Morgan fingerprint density at radius 2 is 2.24 bits per heavy atom. The van der Waals surface area contributed by atoms with E-state index in [1.165, 1.54) is 0 Å². The van der Waals surface area contributed by atoms with Crippen LogP contribution in [0.15, 0.2) is 12.5 Å². The first-order valence-electron chi connectivity index (χ1n) is 6.84. The van der Waals surface area contributed by atoms with Crippen molar-refractivity contribution in [1.82, 2.24) is 25.5 Å². The molecule has 8 heteroatoms. The molecule has 0 bridgehead atoms. The Morgan fingerprint density at radius 3 is 2.81 bits per heavy atom. The molecule has 2 rings (SSSR count). The number of aromatic amines is 1. The normalized spacial score (nSPS) is 21.5. The van der Waals surface area contributed by atoms with Gasteiger partial charge in [0.05, 0.1) is 6.33 Å². The van der Waals surface area contributed by atoms with Crippen LogP contribution in [-0.2, 0) is 16.0 Å². The number of carbonyl (C=O) groups is 3. The Hall–Kier alpha value is -2.38. The summed E-state index contributed by atoms with van der Waals surface area (Å²) in [6.07, 6.45) is 4.33. The zero-order valence-corrected chi connectivity index (χ0v) is 12.1. The number of amides is 4. The van der Waals surface area contributed by atoms with Crippen LogP contribution in [0.4, 0.5) is 4.79 Å². The molecule has 8 nitrogen and oxygen atoms in total. The van der Waals surface area contributed by atoms with Crippen molar-refractivity contribution in [2.45, 2.75) is 32.2 Å². The average molecular weight is 293 g/mol. The number of nitrogens with one attached hydrogen (secondary N) is 3. The second-order valence-corrected chi connectivity index (χ2v) is 5.18. The van der Waals surface area contributed by atoms with Crippen molar-refractivity contribution < 1.29 is 14.4 Å². The molecule has 114 valence electrons. The van der Waals surface area contributed by atoms with Crippen LogP contribution in [0.5, 0.6) is 0 Å². The van der Waals surface area contributed by atoms with Crippen LogP contribution in [0, 0.1) is 0 Å². The number of urea groups is 1. The van der Waals surface area contributed by atoms with Gasteiger partial charge < -0.3 is 15.6 Å². The fraction of sp³-hybridized carbons (Fsp3) is 0.538. The van der Waals surface area contributed by atoms with E-state index in [1.807, 2.05) is 6.92 Å². The number of hydrogen-bond donors (Lipinski definition) is 3. The van der Waals surface area contributed by atoms with Crippen molar-refractivity contribution in [2.75, 3.05) is 13.1 Å². The second kappa shape index (κ2) is 5.94. The van der Waals surface area contributed by atoms with Gasteiger partial charge in [0.15, 0.2) is 0 Å². The summed E-state index contributed by atoms with van der Waals surface area (Å²) in [6.45, 7) is 3.62. The molecule has 1 aliphatic rings. The molecule has 0 aliphatic carbocycles. The lowest BCUT2D eigenvalue weighted by Gasteiger charge is -2.19. The summed E-state index contributed by atoms with van der Waals surface area (Å²) in [5, 5.41) is 5.28. The Bertz CT molecular complexity index is 542. The summed E-state index contributed by atoms with van der Waals surface area (Å²) < 4.78 is 0. The first-order valence-corrected chi connectivity index (χ1v) is 6.84. The highest BCUT2D eigenvalue weighted by Crippen LogP contribution is 2.20. The van der Waals surface area contributed by atoms with Gasteiger partial charge in [-0.3, -0.25) is 14.5 Å². The molecule has 1 saturated heterocycles. The van der Waals surface area contributed by atoms with Crippen LogP contribution in [0.1, 0.15) is 26.0 Å². The van der Waals surface area contributed by atoms with Crippen molar-refractivity contribution in [1.29, 1.82) is 0 Å². The summed E-state index contributed by atoms with van der Waals surface area (Å²) >= 11 is 0.